The molecule has 0 atom stereocenters. The third-order valence-corrected chi connectivity index (χ3v) is 13.1. The second-order valence-electron chi connectivity index (χ2n) is 9.94. The van der Waals surface area contributed by atoms with Gasteiger partial charge in [-0.1, -0.05) is 121 Å². The molecule has 5 aromatic carbocycles. The zero-order valence-electron chi connectivity index (χ0n) is 20.2. The lowest BCUT2D eigenvalue weighted by atomic mass is 9.99. The fraction of sp³-hybridized carbons (Fsp3) is 0. The maximum atomic E-state index is 4.68. The number of rotatable bonds is 2. The summed E-state index contributed by atoms with van der Waals surface area (Å²) in [5.74, 6) is 0. The highest BCUT2D eigenvalue weighted by Gasteiger charge is 2.53. The van der Waals surface area contributed by atoms with E-state index in [-0.39, 0.29) is 0 Å². The van der Waals surface area contributed by atoms with Crippen molar-refractivity contribution in [2.45, 2.75) is 0 Å². The van der Waals surface area contributed by atoms with Gasteiger partial charge in [0.15, 0.2) is 8.07 Å². The zero-order chi connectivity index (χ0) is 24.4. The van der Waals surface area contributed by atoms with Gasteiger partial charge in [0.25, 0.3) is 0 Å². The summed E-state index contributed by atoms with van der Waals surface area (Å²) < 4.78 is 0. The minimum Gasteiger partial charge on any atom is -0.256 e. The molecule has 0 fully saturated rings. The molecule has 2 heteroatoms. The summed E-state index contributed by atoms with van der Waals surface area (Å²) in [4.78, 5) is 4.68. The van der Waals surface area contributed by atoms with Gasteiger partial charge in [-0.2, -0.15) is 0 Å². The fourth-order valence-corrected chi connectivity index (χ4v) is 12.3. The molecule has 1 nitrogen and oxygen atoms in total. The fourth-order valence-electron chi connectivity index (χ4n) is 6.65. The zero-order valence-corrected chi connectivity index (χ0v) is 21.2. The Morgan fingerprint density at radius 2 is 0.892 bits per heavy atom. The van der Waals surface area contributed by atoms with E-state index < -0.39 is 8.07 Å². The molecule has 0 radical (unpaired) electrons. The van der Waals surface area contributed by atoms with E-state index in [9.17, 15) is 0 Å². The predicted molar refractivity (Wildman–Crippen MR) is 157 cm³/mol. The van der Waals surface area contributed by atoms with Gasteiger partial charge in [-0.25, -0.2) is 0 Å². The van der Waals surface area contributed by atoms with Crippen LogP contribution >= 0.6 is 0 Å². The number of aromatic nitrogens is 1. The van der Waals surface area contributed by atoms with Crippen LogP contribution < -0.4 is 20.7 Å². The molecule has 0 N–H and O–H groups in total. The van der Waals surface area contributed by atoms with E-state index in [1.54, 1.807) is 0 Å². The van der Waals surface area contributed by atoms with Crippen LogP contribution in [0.4, 0.5) is 0 Å². The summed E-state index contributed by atoms with van der Waals surface area (Å²) >= 11 is 0. The van der Waals surface area contributed by atoms with Crippen LogP contribution in [-0.4, -0.2) is 13.1 Å². The highest BCUT2D eigenvalue weighted by Crippen LogP contribution is 2.37. The first-order chi connectivity index (χ1) is 18.4. The Morgan fingerprint density at radius 3 is 1.51 bits per heavy atom. The first kappa shape index (κ1) is 20.6. The minimum absolute atomic E-state index is 1.01. The summed E-state index contributed by atoms with van der Waals surface area (Å²) in [6.07, 6.45) is 1.94. The van der Waals surface area contributed by atoms with E-state index in [1.165, 1.54) is 54.1 Å². The molecule has 0 unspecified atom stereocenters. The molecule has 1 aromatic heterocycles. The van der Waals surface area contributed by atoms with Gasteiger partial charge in [-0.15, -0.1) is 0 Å². The molecule has 6 aromatic rings. The average molecular weight is 486 g/mol. The lowest BCUT2D eigenvalue weighted by Crippen LogP contribution is -2.70. The maximum absolute atomic E-state index is 4.68. The monoisotopic (exact) mass is 485 g/mol. The first-order valence-corrected chi connectivity index (χ1v) is 14.8. The van der Waals surface area contributed by atoms with Crippen molar-refractivity contribution in [1.29, 1.82) is 0 Å². The minimum atomic E-state index is -2.41. The molecule has 37 heavy (non-hydrogen) atoms. The molecule has 0 bridgehead atoms. The van der Waals surface area contributed by atoms with Gasteiger partial charge in [-0.05, 0) is 66.3 Å². The Kier molecular flexibility index (Phi) is 4.31. The third kappa shape index (κ3) is 2.76. The number of pyridine rings is 1. The summed E-state index contributed by atoms with van der Waals surface area (Å²) in [5, 5.41) is 6.04. The second-order valence-corrected chi connectivity index (χ2v) is 13.6. The van der Waals surface area contributed by atoms with Crippen LogP contribution in [0.5, 0.6) is 0 Å². The van der Waals surface area contributed by atoms with Crippen molar-refractivity contribution >= 4 is 28.8 Å². The number of fused-ring (bicyclic) bond motifs is 10. The molecule has 2 aliphatic rings. The quantitative estimate of drug-likeness (QED) is 0.284. The van der Waals surface area contributed by atoms with Crippen molar-refractivity contribution in [3.63, 3.8) is 0 Å². The molecule has 172 valence electrons. The van der Waals surface area contributed by atoms with Gasteiger partial charge in [0, 0.05) is 11.8 Å². The van der Waals surface area contributed by atoms with Gasteiger partial charge >= 0.3 is 0 Å². The standard InChI is InChI=1S/C35H23NSi/c1-2-10-24(11-3-1)31-22-26(20-21-36-31)25-18-19-30-29-14-6-9-17-34(29)37(35(30)23-25)32-15-7-4-12-27(32)28-13-5-8-16-33(28)37/h1-23H. The summed E-state index contributed by atoms with van der Waals surface area (Å²) in [7, 11) is -2.41. The Morgan fingerprint density at radius 1 is 0.378 bits per heavy atom. The molecular weight excluding hydrogens is 462 g/mol. The van der Waals surface area contributed by atoms with E-state index in [1.807, 2.05) is 12.3 Å². The summed E-state index contributed by atoms with van der Waals surface area (Å²) in [6.45, 7) is 0. The van der Waals surface area contributed by atoms with Crippen molar-refractivity contribution in [3.8, 4) is 44.6 Å². The van der Waals surface area contributed by atoms with Crippen molar-refractivity contribution in [3.05, 3.63) is 140 Å². The van der Waals surface area contributed by atoms with Gasteiger partial charge in [0.2, 0.25) is 0 Å². The van der Waals surface area contributed by atoms with Crippen molar-refractivity contribution in [1.82, 2.24) is 4.98 Å². The van der Waals surface area contributed by atoms with E-state index in [0.29, 0.717) is 0 Å². The van der Waals surface area contributed by atoms with Gasteiger partial charge in [0.05, 0.1) is 5.69 Å². The van der Waals surface area contributed by atoms with E-state index in [4.69, 9.17) is 0 Å². The van der Waals surface area contributed by atoms with Crippen LogP contribution in [0.25, 0.3) is 44.6 Å². The summed E-state index contributed by atoms with van der Waals surface area (Å²) in [6, 6.07) is 49.3. The van der Waals surface area contributed by atoms with Gasteiger partial charge in [0.1, 0.15) is 0 Å². The molecule has 0 aliphatic carbocycles. The molecule has 2 aliphatic heterocycles. The van der Waals surface area contributed by atoms with Crippen molar-refractivity contribution in [2.75, 3.05) is 0 Å². The molecule has 8 rings (SSSR count). The SMILES string of the molecule is c1ccc(-c2cc(-c3ccc4c(c3)[Si]3(c5ccccc5-c5ccccc53)c3ccccc3-4)ccn2)cc1. The lowest BCUT2D eigenvalue weighted by Gasteiger charge is -2.28. The van der Waals surface area contributed by atoms with Crippen molar-refractivity contribution < 1.29 is 0 Å². The van der Waals surface area contributed by atoms with Crippen LogP contribution in [0.15, 0.2) is 140 Å². The first-order valence-electron chi connectivity index (χ1n) is 12.8. The third-order valence-electron chi connectivity index (χ3n) is 8.16. The Bertz CT molecular complexity index is 1770. The van der Waals surface area contributed by atoms with E-state index in [2.05, 4.69) is 132 Å². The van der Waals surface area contributed by atoms with Crippen LogP contribution in [0.1, 0.15) is 0 Å². The maximum Gasteiger partial charge on any atom is 0.182 e. The number of benzene rings is 5. The van der Waals surface area contributed by atoms with E-state index in [0.717, 1.165) is 11.3 Å². The predicted octanol–water partition coefficient (Wildman–Crippen LogP) is 5.75. The number of hydrogen-bond donors (Lipinski definition) is 0. The van der Waals surface area contributed by atoms with E-state index >= 15 is 0 Å². The highest BCUT2D eigenvalue weighted by molar-refractivity contribution is 7.24. The highest BCUT2D eigenvalue weighted by atomic mass is 28.3. The Labute approximate surface area is 217 Å². The number of nitrogens with zero attached hydrogens (tertiary/aromatic N) is 1. The molecule has 3 heterocycles. The van der Waals surface area contributed by atoms with Crippen LogP contribution in [-0.2, 0) is 0 Å². The molecule has 1 spiro atoms. The molecular formula is C35H23NSi. The smallest absolute Gasteiger partial charge is 0.182 e. The Balaban J connectivity index is 1.41. The summed E-state index contributed by atoms with van der Waals surface area (Å²) in [5.41, 5.74) is 10.2. The normalized spacial score (nSPS) is 13.6. The molecule has 0 saturated carbocycles. The molecule has 0 amide bonds. The second kappa shape index (κ2) is 7.73. The Hall–Kier alpha value is -4.53. The van der Waals surface area contributed by atoms with Gasteiger partial charge < -0.3 is 0 Å². The van der Waals surface area contributed by atoms with Crippen LogP contribution in [0.2, 0.25) is 0 Å². The number of hydrogen-bond acceptors (Lipinski definition) is 1. The molecule has 0 saturated heterocycles. The van der Waals surface area contributed by atoms with Crippen LogP contribution in [0, 0.1) is 0 Å². The average Bonchev–Trinajstić information content (AvgIpc) is 3.45. The van der Waals surface area contributed by atoms with Crippen molar-refractivity contribution in [2.24, 2.45) is 0 Å². The lowest BCUT2D eigenvalue weighted by molar-refractivity contribution is 1.33. The van der Waals surface area contributed by atoms with Crippen LogP contribution in [0.3, 0.4) is 0 Å². The topological polar surface area (TPSA) is 12.9 Å². The van der Waals surface area contributed by atoms with Gasteiger partial charge in [-0.3, -0.25) is 4.98 Å². The largest absolute Gasteiger partial charge is 0.256 e.